The molecule has 1 saturated carbocycles. The molecule has 0 bridgehead atoms. The fraction of sp³-hybridized carbons (Fsp3) is 0.750. The van der Waals surface area contributed by atoms with Gasteiger partial charge < -0.3 is 0 Å². The van der Waals surface area contributed by atoms with Crippen LogP contribution >= 0.6 is 0 Å². The maximum Gasteiger partial charge on any atom is -0.0109 e. The Hall–Kier alpha value is -0.520. The van der Waals surface area contributed by atoms with Gasteiger partial charge in [-0.3, -0.25) is 0 Å². The Morgan fingerprint density at radius 1 is 1.31 bits per heavy atom. The first-order chi connectivity index (χ1) is 7.75. The minimum absolute atomic E-state index is 0.877. The van der Waals surface area contributed by atoms with E-state index in [1.807, 2.05) is 5.57 Å². The van der Waals surface area contributed by atoms with E-state index >= 15 is 0 Å². The van der Waals surface area contributed by atoms with E-state index in [2.05, 4.69) is 26.5 Å². The zero-order valence-corrected chi connectivity index (χ0v) is 11.0. The normalized spacial score (nSPS) is 30.6. The first kappa shape index (κ1) is 12.0. The second-order valence-electron chi connectivity index (χ2n) is 5.75. The molecule has 16 heavy (non-hydrogen) atoms. The molecule has 0 aromatic carbocycles. The van der Waals surface area contributed by atoms with Gasteiger partial charge in [0.05, 0.1) is 0 Å². The Morgan fingerprint density at radius 2 is 2.00 bits per heavy atom. The predicted octanol–water partition coefficient (Wildman–Crippen LogP) is 5.12. The number of unbranched alkanes of at least 4 members (excludes halogenated alkanes) is 1. The van der Waals surface area contributed by atoms with Crippen LogP contribution in [0.4, 0.5) is 0 Å². The molecule has 0 saturated heterocycles. The van der Waals surface area contributed by atoms with Crippen LogP contribution in [0, 0.1) is 17.8 Å². The summed E-state index contributed by atoms with van der Waals surface area (Å²) in [5.41, 5.74) is 3.53. The summed E-state index contributed by atoms with van der Waals surface area (Å²) in [7, 11) is 0. The molecule has 0 heteroatoms. The molecule has 0 aromatic rings. The molecule has 2 aliphatic rings. The van der Waals surface area contributed by atoms with Crippen molar-refractivity contribution in [1.82, 2.24) is 0 Å². The highest BCUT2D eigenvalue weighted by atomic mass is 14.4. The lowest BCUT2D eigenvalue weighted by Crippen LogP contribution is -2.33. The molecule has 0 spiro atoms. The smallest absolute Gasteiger partial charge is 0.0109 e. The number of allylic oxidation sites excluding steroid dienone is 3. The van der Waals surface area contributed by atoms with Crippen LogP contribution < -0.4 is 0 Å². The fourth-order valence-electron chi connectivity index (χ4n) is 3.84. The van der Waals surface area contributed by atoms with Crippen molar-refractivity contribution in [2.24, 2.45) is 17.8 Å². The molecule has 90 valence electrons. The highest BCUT2D eigenvalue weighted by Crippen LogP contribution is 2.51. The van der Waals surface area contributed by atoms with E-state index in [1.165, 1.54) is 44.9 Å². The van der Waals surface area contributed by atoms with E-state index < -0.39 is 0 Å². The maximum absolute atomic E-state index is 3.82. The van der Waals surface area contributed by atoms with Crippen LogP contribution in [-0.2, 0) is 0 Å². The Labute approximate surface area is 101 Å². The van der Waals surface area contributed by atoms with Gasteiger partial charge in [0.15, 0.2) is 0 Å². The molecule has 0 radical (unpaired) electrons. The van der Waals surface area contributed by atoms with E-state index in [0.29, 0.717) is 0 Å². The van der Waals surface area contributed by atoms with E-state index in [9.17, 15) is 0 Å². The third kappa shape index (κ3) is 2.12. The van der Waals surface area contributed by atoms with Gasteiger partial charge in [-0.2, -0.15) is 0 Å². The molecular weight excluding hydrogens is 192 g/mol. The molecule has 2 atom stereocenters. The third-order valence-corrected chi connectivity index (χ3v) is 4.89. The highest BCUT2D eigenvalue weighted by Gasteiger charge is 2.39. The second kappa shape index (κ2) is 5.21. The van der Waals surface area contributed by atoms with Gasteiger partial charge in [-0.25, -0.2) is 0 Å². The molecule has 0 aromatic heterocycles. The lowest BCUT2D eigenvalue weighted by Gasteiger charge is -2.43. The average Bonchev–Trinajstić information content (AvgIpc) is 2.80. The molecule has 0 amide bonds. The molecule has 2 aliphatic carbocycles. The van der Waals surface area contributed by atoms with Crippen LogP contribution in [0.5, 0.6) is 0 Å². The van der Waals surface area contributed by atoms with Crippen molar-refractivity contribution in [3.05, 3.63) is 23.8 Å². The van der Waals surface area contributed by atoms with Gasteiger partial charge in [-0.1, -0.05) is 37.0 Å². The van der Waals surface area contributed by atoms with Crippen molar-refractivity contribution in [1.29, 1.82) is 0 Å². The van der Waals surface area contributed by atoms with Gasteiger partial charge in [-0.05, 0) is 56.8 Å². The van der Waals surface area contributed by atoms with E-state index in [0.717, 1.165) is 17.8 Å². The van der Waals surface area contributed by atoms with Gasteiger partial charge in [0.25, 0.3) is 0 Å². The van der Waals surface area contributed by atoms with Crippen LogP contribution in [0.15, 0.2) is 23.8 Å². The summed E-state index contributed by atoms with van der Waals surface area (Å²) in [6, 6.07) is 0. The minimum Gasteiger partial charge on any atom is -0.103 e. The zero-order valence-electron chi connectivity index (χ0n) is 11.0. The highest BCUT2D eigenvalue weighted by molar-refractivity contribution is 5.31. The van der Waals surface area contributed by atoms with E-state index in [4.69, 9.17) is 0 Å². The van der Waals surface area contributed by atoms with Crippen LogP contribution in [0.1, 0.15) is 58.8 Å². The number of hydrogen-bond acceptors (Lipinski definition) is 0. The molecule has 0 N–H and O–H groups in total. The van der Waals surface area contributed by atoms with Crippen molar-refractivity contribution in [3.8, 4) is 0 Å². The number of rotatable bonds is 5. The van der Waals surface area contributed by atoms with Crippen molar-refractivity contribution in [2.45, 2.75) is 58.8 Å². The summed E-state index contributed by atoms with van der Waals surface area (Å²) in [5, 5.41) is 0. The van der Waals surface area contributed by atoms with Gasteiger partial charge in [0, 0.05) is 0 Å². The van der Waals surface area contributed by atoms with Crippen LogP contribution in [0.25, 0.3) is 0 Å². The lowest BCUT2D eigenvalue weighted by atomic mass is 9.62. The Bertz CT molecular complexity index is 278. The molecule has 0 heterocycles. The first-order valence-corrected chi connectivity index (χ1v) is 7.06. The van der Waals surface area contributed by atoms with Crippen molar-refractivity contribution < 1.29 is 0 Å². The van der Waals surface area contributed by atoms with Gasteiger partial charge in [-0.15, -0.1) is 6.58 Å². The minimum atomic E-state index is 0.877. The van der Waals surface area contributed by atoms with Gasteiger partial charge in [0.1, 0.15) is 0 Å². The standard InChI is InChI=1S/C16H26/c1-4-5-6-11-15-12(2)13(3)16(15)14-9-7-8-10-14/h4,13-14,16H,1,5-11H2,2-3H3. The Morgan fingerprint density at radius 3 is 2.62 bits per heavy atom. The molecule has 0 aliphatic heterocycles. The van der Waals surface area contributed by atoms with Crippen LogP contribution in [0.3, 0.4) is 0 Å². The summed E-state index contributed by atoms with van der Waals surface area (Å²) in [6.45, 7) is 8.62. The molecular formula is C16H26. The lowest BCUT2D eigenvalue weighted by molar-refractivity contribution is 0.258. The predicted molar refractivity (Wildman–Crippen MR) is 71.4 cm³/mol. The third-order valence-electron chi connectivity index (χ3n) is 4.89. The maximum atomic E-state index is 3.82. The van der Waals surface area contributed by atoms with Gasteiger partial charge in [0.2, 0.25) is 0 Å². The second-order valence-corrected chi connectivity index (χ2v) is 5.75. The van der Waals surface area contributed by atoms with Crippen molar-refractivity contribution >= 4 is 0 Å². The van der Waals surface area contributed by atoms with Crippen molar-refractivity contribution in [2.75, 3.05) is 0 Å². The van der Waals surface area contributed by atoms with Crippen LogP contribution in [-0.4, -0.2) is 0 Å². The summed E-state index contributed by atoms with van der Waals surface area (Å²) in [6.07, 6.45) is 11.8. The monoisotopic (exact) mass is 218 g/mol. The summed E-state index contributed by atoms with van der Waals surface area (Å²) >= 11 is 0. The number of hydrogen-bond donors (Lipinski definition) is 0. The average molecular weight is 218 g/mol. The Balaban J connectivity index is 1.95. The first-order valence-electron chi connectivity index (χ1n) is 7.06. The summed E-state index contributed by atoms with van der Waals surface area (Å²) in [5.74, 6) is 2.85. The SMILES string of the molecule is C=CCCCC1=C(C)C(C)C1C1CCCC1. The van der Waals surface area contributed by atoms with E-state index in [-0.39, 0.29) is 0 Å². The zero-order chi connectivity index (χ0) is 11.5. The molecule has 0 nitrogen and oxygen atoms in total. The molecule has 2 rings (SSSR count). The quantitative estimate of drug-likeness (QED) is 0.444. The van der Waals surface area contributed by atoms with E-state index in [1.54, 1.807) is 5.57 Å². The summed E-state index contributed by atoms with van der Waals surface area (Å²) in [4.78, 5) is 0. The fourth-order valence-corrected chi connectivity index (χ4v) is 3.84. The largest absolute Gasteiger partial charge is 0.103 e. The van der Waals surface area contributed by atoms with Crippen molar-refractivity contribution in [3.63, 3.8) is 0 Å². The van der Waals surface area contributed by atoms with Gasteiger partial charge >= 0.3 is 0 Å². The molecule has 2 unspecified atom stereocenters. The Kier molecular flexibility index (Phi) is 3.89. The summed E-state index contributed by atoms with van der Waals surface area (Å²) < 4.78 is 0. The topological polar surface area (TPSA) is 0 Å². The van der Waals surface area contributed by atoms with Crippen LogP contribution in [0.2, 0.25) is 0 Å². The molecule has 1 fully saturated rings.